The molecule has 2 N–H and O–H groups in total. The molecule has 1 rings (SSSR count). The Labute approximate surface area is 107 Å². The maximum absolute atomic E-state index is 12.0. The number of nitrogens with two attached hydrogens (primary N) is 1. The molecule has 0 saturated carbocycles. The first-order chi connectivity index (χ1) is 8.92. The Morgan fingerprint density at radius 3 is 2.79 bits per heavy atom. The van der Waals surface area contributed by atoms with Gasteiger partial charge >= 0.3 is 6.36 Å². The maximum atomic E-state index is 12.0. The monoisotopic (exact) mass is 272 g/mol. The molecule has 0 spiro atoms. The summed E-state index contributed by atoms with van der Waals surface area (Å²) < 4.78 is 39.9. The minimum Gasteiger partial charge on any atom is -0.406 e. The van der Waals surface area contributed by atoms with Crippen LogP contribution in [0.25, 0.3) is 16.5 Å². The number of hydrogen-bond acceptors (Lipinski definition) is 3. The lowest BCUT2D eigenvalue weighted by atomic mass is 10.1. The summed E-state index contributed by atoms with van der Waals surface area (Å²) >= 11 is 0. The fourth-order valence-electron chi connectivity index (χ4n) is 1.28. The number of halogens is 3. The van der Waals surface area contributed by atoms with E-state index in [1.54, 1.807) is 12.2 Å². The molecule has 0 bridgehead atoms. The first-order valence-electron chi connectivity index (χ1n) is 5.25. The van der Waals surface area contributed by atoms with Crippen LogP contribution in [0.1, 0.15) is 12.0 Å². The SMILES string of the molecule is [N-]=[N+]=NCCC=Cc1cc(OC(F)(F)F)ccc1N. The summed E-state index contributed by atoms with van der Waals surface area (Å²) in [5, 5.41) is 3.32. The summed E-state index contributed by atoms with van der Waals surface area (Å²) in [6.07, 6.45) is -1.07. The number of rotatable bonds is 5. The highest BCUT2D eigenvalue weighted by Crippen LogP contribution is 2.26. The molecular weight excluding hydrogens is 261 g/mol. The number of nitrogen functional groups attached to an aromatic ring is 1. The van der Waals surface area contributed by atoms with Crippen LogP contribution in [-0.4, -0.2) is 12.9 Å². The Morgan fingerprint density at radius 2 is 2.16 bits per heavy atom. The Kier molecular flexibility index (Phi) is 5.08. The van der Waals surface area contributed by atoms with Crippen molar-refractivity contribution < 1.29 is 17.9 Å². The van der Waals surface area contributed by atoms with Crippen LogP contribution in [0.2, 0.25) is 0 Å². The normalized spacial score (nSPS) is 11.3. The number of benzene rings is 1. The van der Waals surface area contributed by atoms with Crippen LogP contribution in [0.3, 0.4) is 0 Å². The fraction of sp³-hybridized carbons (Fsp3) is 0.273. The number of ether oxygens (including phenoxy) is 1. The van der Waals surface area contributed by atoms with Crippen LogP contribution < -0.4 is 10.5 Å². The zero-order chi connectivity index (χ0) is 14.3. The number of azide groups is 1. The zero-order valence-corrected chi connectivity index (χ0v) is 9.76. The van der Waals surface area contributed by atoms with Crippen molar-refractivity contribution in [3.63, 3.8) is 0 Å². The summed E-state index contributed by atoms with van der Waals surface area (Å²) in [6, 6.07) is 3.65. The molecule has 5 nitrogen and oxygen atoms in total. The van der Waals surface area contributed by atoms with Crippen LogP contribution in [0.15, 0.2) is 29.4 Å². The third-order valence-corrected chi connectivity index (χ3v) is 2.05. The summed E-state index contributed by atoms with van der Waals surface area (Å²) in [7, 11) is 0. The van der Waals surface area contributed by atoms with Gasteiger partial charge in [0.2, 0.25) is 0 Å². The fourth-order valence-corrected chi connectivity index (χ4v) is 1.28. The molecule has 0 fully saturated rings. The van der Waals surface area contributed by atoms with Gasteiger partial charge in [-0.25, -0.2) is 0 Å². The van der Waals surface area contributed by atoms with E-state index < -0.39 is 6.36 Å². The first-order valence-corrected chi connectivity index (χ1v) is 5.25. The summed E-state index contributed by atoms with van der Waals surface area (Å²) in [5.74, 6) is -0.337. The largest absolute Gasteiger partial charge is 0.573 e. The van der Waals surface area contributed by atoms with Crippen LogP contribution in [-0.2, 0) is 0 Å². The lowest BCUT2D eigenvalue weighted by Crippen LogP contribution is -2.17. The molecule has 8 heteroatoms. The molecule has 0 unspecified atom stereocenters. The van der Waals surface area contributed by atoms with Crippen molar-refractivity contribution in [1.29, 1.82) is 0 Å². The van der Waals surface area contributed by atoms with Crippen molar-refractivity contribution in [1.82, 2.24) is 0 Å². The Bertz CT molecular complexity index is 507. The minimum atomic E-state index is -4.74. The summed E-state index contributed by atoms with van der Waals surface area (Å²) in [5.41, 5.74) is 14.4. The summed E-state index contributed by atoms with van der Waals surface area (Å²) in [6.45, 7) is 0.269. The standard InChI is InChI=1S/C11H11F3N4O/c12-11(13,14)19-9-4-5-10(15)8(7-9)3-1-2-6-17-18-16/h1,3-5,7H,2,6,15H2. The highest BCUT2D eigenvalue weighted by molar-refractivity contribution is 5.66. The first kappa shape index (κ1) is 14.7. The second-order valence-electron chi connectivity index (χ2n) is 3.48. The van der Waals surface area contributed by atoms with Crippen LogP contribution in [0.4, 0.5) is 18.9 Å². The average molecular weight is 272 g/mol. The maximum Gasteiger partial charge on any atom is 0.573 e. The Balaban J connectivity index is 2.76. The Hall–Kier alpha value is -2.34. The molecule has 1 aromatic carbocycles. The highest BCUT2D eigenvalue weighted by atomic mass is 19.4. The molecule has 0 heterocycles. The van der Waals surface area contributed by atoms with Crippen LogP contribution in [0.5, 0.6) is 5.75 Å². The van der Waals surface area contributed by atoms with E-state index in [2.05, 4.69) is 14.8 Å². The van der Waals surface area contributed by atoms with E-state index >= 15 is 0 Å². The van der Waals surface area contributed by atoms with Crippen molar-refractivity contribution in [2.45, 2.75) is 12.8 Å². The van der Waals surface area contributed by atoms with Gasteiger partial charge in [0.05, 0.1) is 0 Å². The van der Waals surface area contributed by atoms with Crippen molar-refractivity contribution in [3.05, 3.63) is 40.3 Å². The second kappa shape index (κ2) is 6.55. The molecule has 0 atom stereocenters. The predicted octanol–water partition coefficient (Wildman–Crippen LogP) is 3.88. The minimum absolute atomic E-state index is 0.269. The van der Waals surface area contributed by atoms with Crippen molar-refractivity contribution in [2.24, 2.45) is 5.11 Å². The van der Waals surface area contributed by atoms with Crippen molar-refractivity contribution in [3.8, 4) is 5.75 Å². The van der Waals surface area contributed by atoms with Crippen molar-refractivity contribution >= 4 is 11.8 Å². The van der Waals surface area contributed by atoms with Gasteiger partial charge in [0.1, 0.15) is 5.75 Å². The third-order valence-electron chi connectivity index (χ3n) is 2.05. The van der Waals surface area contributed by atoms with E-state index in [1.807, 2.05) is 0 Å². The molecule has 0 aliphatic heterocycles. The quantitative estimate of drug-likeness (QED) is 0.290. The number of nitrogens with zero attached hydrogens (tertiary/aromatic N) is 3. The van der Waals surface area contributed by atoms with Gasteiger partial charge in [-0.3, -0.25) is 0 Å². The molecule has 0 saturated heterocycles. The van der Waals surface area contributed by atoms with Gasteiger partial charge in [-0.05, 0) is 30.2 Å². The van der Waals surface area contributed by atoms with E-state index in [9.17, 15) is 13.2 Å². The van der Waals surface area contributed by atoms with Crippen LogP contribution in [0, 0.1) is 0 Å². The zero-order valence-electron chi connectivity index (χ0n) is 9.76. The molecule has 1 aromatic rings. The molecule has 0 aliphatic carbocycles. The van der Waals surface area contributed by atoms with Gasteiger partial charge in [0.25, 0.3) is 0 Å². The van der Waals surface area contributed by atoms with Gasteiger partial charge in [-0.2, -0.15) is 0 Å². The van der Waals surface area contributed by atoms with Gasteiger partial charge in [0.15, 0.2) is 0 Å². The van der Waals surface area contributed by atoms with Gasteiger partial charge < -0.3 is 10.5 Å². The lowest BCUT2D eigenvalue weighted by Gasteiger charge is -2.10. The number of hydrogen-bond donors (Lipinski definition) is 1. The van der Waals surface area contributed by atoms with Crippen molar-refractivity contribution in [2.75, 3.05) is 12.3 Å². The third kappa shape index (κ3) is 5.69. The predicted molar refractivity (Wildman–Crippen MR) is 65.2 cm³/mol. The van der Waals surface area contributed by atoms with Gasteiger partial charge in [-0.1, -0.05) is 17.3 Å². The van der Waals surface area contributed by atoms with Gasteiger partial charge in [-0.15, -0.1) is 13.2 Å². The molecule has 0 radical (unpaired) electrons. The Morgan fingerprint density at radius 1 is 1.42 bits per heavy atom. The summed E-state index contributed by atoms with van der Waals surface area (Å²) in [4.78, 5) is 2.57. The van der Waals surface area contributed by atoms with Crippen LogP contribution >= 0.6 is 0 Å². The molecule has 102 valence electrons. The van der Waals surface area contributed by atoms with E-state index in [-0.39, 0.29) is 12.3 Å². The van der Waals surface area contributed by atoms with E-state index in [1.165, 1.54) is 12.1 Å². The van der Waals surface area contributed by atoms with E-state index in [4.69, 9.17) is 11.3 Å². The van der Waals surface area contributed by atoms with Gasteiger partial charge in [0, 0.05) is 22.7 Å². The molecule has 0 amide bonds. The smallest absolute Gasteiger partial charge is 0.406 e. The van der Waals surface area contributed by atoms with E-state index in [0.29, 0.717) is 17.7 Å². The molecule has 0 aliphatic rings. The lowest BCUT2D eigenvalue weighted by molar-refractivity contribution is -0.274. The average Bonchev–Trinajstić information content (AvgIpc) is 2.31. The van der Waals surface area contributed by atoms with E-state index in [0.717, 1.165) is 6.07 Å². The number of anilines is 1. The highest BCUT2D eigenvalue weighted by Gasteiger charge is 2.31. The second-order valence-corrected chi connectivity index (χ2v) is 3.48. The molecular formula is C11H11F3N4O. The topological polar surface area (TPSA) is 84.0 Å². The number of alkyl halides is 3. The molecule has 0 aromatic heterocycles. The molecule has 19 heavy (non-hydrogen) atoms.